The topological polar surface area (TPSA) is 32.8 Å². The van der Waals surface area contributed by atoms with Gasteiger partial charge < -0.3 is 9.64 Å². The minimum absolute atomic E-state index is 0.0673. The third kappa shape index (κ3) is 3.42. The highest BCUT2D eigenvalue weighted by Gasteiger charge is 2.37. The average Bonchev–Trinajstić information content (AvgIpc) is 2.62. The van der Waals surface area contributed by atoms with E-state index < -0.39 is 0 Å². The molecule has 1 fully saturated rings. The molecule has 0 amide bonds. The first-order valence-corrected chi connectivity index (χ1v) is 6.58. The summed E-state index contributed by atoms with van der Waals surface area (Å²) in [5.41, 5.74) is 0. The normalized spacial score (nSPS) is 27.4. The van der Waals surface area contributed by atoms with Gasteiger partial charge in [0.05, 0.1) is 6.61 Å². The van der Waals surface area contributed by atoms with Gasteiger partial charge in [-0.2, -0.15) is 0 Å². The number of esters is 1. The van der Waals surface area contributed by atoms with E-state index in [1.165, 1.54) is 0 Å². The highest BCUT2D eigenvalue weighted by molar-refractivity contribution is 5.75. The maximum Gasteiger partial charge on any atom is 0.323 e. The Labute approximate surface area is 105 Å². The van der Waals surface area contributed by atoms with Gasteiger partial charge in [-0.25, -0.2) is 0 Å². The van der Waals surface area contributed by atoms with Crippen LogP contribution in [-0.4, -0.2) is 61.6 Å². The van der Waals surface area contributed by atoms with Gasteiger partial charge in [-0.1, -0.05) is 13.8 Å². The van der Waals surface area contributed by atoms with Gasteiger partial charge in [-0.05, 0) is 33.4 Å². The van der Waals surface area contributed by atoms with E-state index >= 15 is 0 Å². The van der Waals surface area contributed by atoms with Crippen molar-refractivity contribution in [1.29, 1.82) is 0 Å². The molecule has 1 aliphatic heterocycles. The third-order valence-corrected chi connectivity index (χ3v) is 3.65. The zero-order chi connectivity index (χ0) is 13.0. The summed E-state index contributed by atoms with van der Waals surface area (Å²) in [5, 5.41) is 0. The molecule has 0 spiro atoms. The highest BCUT2D eigenvalue weighted by Crippen LogP contribution is 2.23. The fourth-order valence-corrected chi connectivity index (χ4v) is 2.73. The van der Waals surface area contributed by atoms with Gasteiger partial charge in [-0.15, -0.1) is 0 Å². The van der Waals surface area contributed by atoms with Crippen LogP contribution in [-0.2, 0) is 9.53 Å². The molecule has 1 heterocycles. The van der Waals surface area contributed by atoms with Crippen molar-refractivity contribution in [2.24, 2.45) is 5.92 Å². The molecule has 0 aromatic rings. The minimum atomic E-state index is -0.0680. The second-order valence-electron chi connectivity index (χ2n) is 5.14. The molecule has 1 rings (SSSR count). The van der Waals surface area contributed by atoms with Crippen molar-refractivity contribution in [1.82, 2.24) is 9.80 Å². The number of carbonyl (C=O) groups excluding carboxylic acids is 1. The average molecular weight is 242 g/mol. The summed E-state index contributed by atoms with van der Waals surface area (Å²) in [6.07, 6.45) is 0.825. The smallest absolute Gasteiger partial charge is 0.323 e. The van der Waals surface area contributed by atoms with Gasteiger partial charge in [0, 0.05) is 19.1 Å². The number of likely N-dealkylation sites (N-methyl/N-ethyl adjacent to an activating group) is 1. The van der Waals surface area contributed by atoms with E-state index in [0.29, 0.717) is 18.6 Å². The van der Waals surface area contributed by atoms with Crippen LogP contribution in [0.25, 0.3) is 0 Å². The van der Waals surface area contributed by atoms with Gasteiger partial charge in [0.15, 0.2) is 0 Å². The van der Waals surface area contributed by atoms with E-state index in [9.17, 15) is 4.79 Å². The van der Waals surface area contributed by atoms with Gasteiger partial charge in [0.25, 0.3) is 0 Å². The molecule has 4 heteroatoms. The maximum atomic E-state index is 11.9. The molecule has 0 N–H and O–H groups in total. The lowest BCUT2D eigenvalue weighted by atomic mass is 10.1. The van der Waals surface area contributed by atoms with Gasteiger partial charge in [0.2, 0.25) is 0 Å². The van der Waals surface area contributed by atoms with Crippen LogP contribution >= 0.6 is 0 Å². The van der Waals surface area contributed by atoms with Crippen molar-refractivity contribution in [2.75, 3.05) is 33.8 Å². The Kier molecular flexibility index (Phi) is 5.40. The van der Waals surface area contributed by atoms with Crippen LogP contribution in [0.4, 0.5) is 0 Å². The van der Waals surface area contributed by atoms with Crippen LogP contribution in [0, 0.1) is 5.92 Å². The molecule has 17 heavy (non-hydrogen) atoms. The number of carbonyl (C=O) groups is 1. The lowest BCUT2D eigenvalue weighted by molar-refractivity contribution is -0.149. The first kappa shape index (κ1) is 14.5. The number of likely N-dealkylation sites (tertiary alicyclic amines) is 1. The van der Waals surface area contributed by atoms with Gasteiger partial charge >= 0.3 is 5.97 Å². The van der Waals surface area contributed by atoms with Crippen molar-refractivity contribution >= 4 is 5.97 Å². The molecule has 3 unspecified atom stereocenters. The largest absolute Gasteiger partial charge is 0.465 e. The number of ether oxygens (including phenoxy) is 1. The summed E-state index contributed by atoms with van der Waals surface area (Å²) >= 11 is 0. The van der Waals surface area contributed by atoms with Crippen LogP contribution in [0.1, 0.15) is 27.2 Å². The van der Waals surface area contributed by atoms with E-state index in [1.807, 2.05) is 6.92 Å². The second kappa shape index (κ2) is 6.36. The van der Waals surface area contributed by atoms with E-state index in [0.717, 1.165) is 19.5 Å². The van der Waals surface area contributed by atoms with Crippen molar-refractivity contribution in [3.05, 3.63) is 0 Å². The molecule has 0 bridgehead atoms. The predicted molar refractivity (Wildman–Crippen MR) is 68.9 cm³/mol. The molecule has 1 saturated heterocycles. The van der Waals surface area contributed by atoms with Gasteiger partial charge in [-0.3, -0.25) is 9.69 Å². The van der Waals surface area contributed by atoms with Crippen LogP contribution < -0.4 is 0 Å². The molecule has 4 nitrogen and oxygen atoms in total. The van der Waals surface area contributed by atoms with Gasteiger partial charge in [0.1, 0.15) is 6.04 Å². The Hall–Kier alpha value is -0.610. The van der Waals surface area contributed by atoms with E-state index in [2.05, 4.69) is 37.7 Å². The molecule has 0 saturated carbocycles. The van der Waals surface area contributed by atoms with E-state index in [-0.39, 0.29) is 12.0 Å². The summed E-state index contributed by atoms with van der Waals surface area (Å²) in [5.74, 6) is 0.537. The molecule has 1 aliphatic rings. The molecular weight excluding hydrogens is 216 g/mol. The summed E-state index contributed by atoms with van der Waals surface area (Å²) in [6.45, 7) is 8.58. The SMILES string of the molecule is CCOC(=O)C(CC)N1CC(C)C(N(C)C)C1. The van der Waals surface area contributed by atoms with Crippen molar-refractivity contribution in [2.45, 2.75) is 39.3 Å². The van der Waals surface area contributed by atoms with E-state index in [1.54, 1.807) is 0 Å². The van der Waals surface area contributed by atoms with Crippen LogP contribution in [0.2, 0.25) is 0 Å². The van der Waals surface area contributed by atoms with Crippen LogP contribution in [0.3, 0.4) is 0 Å². The van der Waals surface area contributed by atoms with E-state index in [4.69, 9.17) is 4.74 Å². The zero-order valence-corrected chi connectivity index (χ0v) is 11.8. The second-order valence-corrected chi connectivity index (χ2v) is 5.14. The molecule has 0 aliphatic carbocycles. The Morgan fingerprint density at radius 3 is 2.47 bits per heavy atom. The summed E-state index contributed by atoms with van der Waals surface area (Å²) in [4.78, 5) is 16.4. The molecular formula is C13H26N2O2. The first-order chi connectivity index (χ1) is 8.01. The van der Waals surface area contributed by atoms with Crippen molar-refractivity contribution < 1.29 is 9.53 Å². The van der Waals surface area contributed by atoms with Crippen LogP contribution in [0.5, 0.6) is 0 Å². The molecule has 100 valence electrons. The fourth-order valence-electron chi connectivity index (χ4n) is 2.73. The summed E-state index contributed by atoms with van der Waals surface area (Å²) < 4.78 is 5.14. The number of hydrogen-bond donors (Lipinski definition) is 0. The van der Waals surface area contributed by atoms with Crippen molar-refractivity contribution in [3.8, 4) is 0 Å². The molecule has 0 aromatic heterocycles. The Morgan fingerprint density at radius 1 is 1.41 bits per heavy atom. The number of nitrogens with zero attached hydrogens (tertiary/aromatic N) is 2. The quantitative estimate of drug-likeness (QED) is 0.678. The zero-order valence-electron chi connectivity index (χ0n) is 11.8. The number of hydrogen-bond acceptors (Lipinski definition) is 4. The molecule has 3 atom stereocenters. The summed E-state index contributed by atoms with van der Waals surface area (Å²) in [7, 11) is 4.21. The highest BCUT2D eigenvalue weighted by atomic mass is 16.5. The number of rotatable bonds is 5. The standard InChI is InChI=1S/C13H26N2O2/c1-6-11(13(16)17-7-2)15-8-10(3)12(9-15)14(4)5/h10-12H,6-9H2,1-5H3. The Balaban J connectivity index is 2.63. The molecule has 0 aromatic carbocycles. The Morgan fingerprint density at radius 2 is 2.06 bits per heavy atom. The molecule has 0 radical (unpaired) electrons. The third-order valence-electron chi connectivity index (χ3n) is 3.65. The lowest BCUT2D eigenvalue weighted by Crippen LogP contribution is -2.42. The minimum Gasteiger partial charge on any atom is -0.465 e. The fraction of sp³-hybridized carbons (Fsp3) is 0.923. The first-order valence-electron chi connectivity index (χ1n) is 6.58. The monoisotopic (exact) mass is 242 g/mol. The predicted octanol–water partition coefficient (Wildman–Crippen LogP) is 1.21. The Bertz CT molecular complexity index is 256. The summed E-state index contributed by atoms with van der Waals surface area (Å²) in [6, 6.07) is 0.473. The van der Waals surface area contributed by atoms with Crippen LogP contribution in [0.15, 0.2) is 0 Å². The maximum absolute atomic E-state index is 11.9. The lowest BCUT2D eigenvalue weighted by Gasteiger charge is -2.26. The van der Waals surface area contributed by atoms with Crippen molar-refractivity contribution in [3.63, 3.8) is 0 Å².